The second kappa shape index (κ2) is 8.78. The minimum atomic E-state index is -4.79. The number of aromatic nitrogens is 2. The van der Waals surface area contributed by atoms with Crippen LogP contribution in [-0.2, 0) is 0 Å². The fraction of sp³-hybridized carbons (Fsp3) is 0.0556. The lowest BCUT2D eigenvalue weighted by atomic mass is 10.3. The molecule has 0 saturated heterocycles. The van der Waals surface area contributed by atoms with Crippen molar-refractivity contribution in [3.8, 4) is 17.4 Å². The van der Waals surface area contributed by atoms with Gasteiger partial charge in [-0.25, -0.2) is 14.8 Å². The lowest BCUT2D eigenvalue weighted by Gasteiger charge is -2.13. The van der Waals surface area contributed by atoms with E-state index in [1.165, 1.54) is 18.3 Å². The summed E-state index contributed by atoms with van der Waals surface area (Å²) in [6, 6.07) is 10.6. The van der Waals surface area contributed by atoms with Crippen LogP contribution >= 0.6 is 15.9 Å². The van der Waals surface area contributed by atoms with Crippen LogP contribution in [0.5, 0.6) is 17.4 Å². The van der Waals surface area contributed by atoms with E-state index in [2.05, 4.69) is 41.3 Å². The molecule has 0 aliphatic heterocycles. The molecule has 3 aromatic rings. The fourth-order valence-corrected chi connectivity index (χ4v) is 2.47. The highest BCUT2D eigenvalue weighted by Crippen LogP contribution is 2.31. The Bertz CT molecular complexity index is 1000. The number of carbonyl (C=O) groups is 1. The van der Waals surface area contributed by atoms with Gasteiger partial charge in [0.25, 0.3) is 0 Å². The third kappa shape index (κ3) is 6.07. The standard InChI is InChI=1S/C18H12BrF3N4O3/c19-15-14(4-2-9-23-15)28-16-13(3-1-10-24-16)26-17(27)25-11-5-7-12(8-6-11)29-18(20,21)22/h1-10H,(H2,25,26,27). The summed E-state index contributed by atoms with van der Waals surface area (Å²) in [6.07, 6.45) is -1.72. The predicted molar refractivity (Wildman–Crippen MR) is 102 cm³/mol. The molecule has 0 atom stereocenters. The Morgan fingerprint density at radius 1 is 0.966 bits per heavy atom. The second-order valence-electron chi connectivity index (χ2n) is 5.40. The number of nitrogens with zero attached hydrogens (tertiary/aromatic N) is 2. The van der Waals surface area contributed by atoms with Crippen LogP contribution in [0.25, 0.3) is 0 Å². The van der Waals surface area contributed by atoms with Crippen LogP contribution in [-0.4, -0.2) is 22.4 Å². The normalized spacial score (nSPS) is 10.9. The fourth-order valence-electron chi connectivity index (χ4n) is 2.14. The highest BCUT2D eigenvalue weighted by atomic mass is 79.9. The Labute approximate surface area is 171 Å². The largest absolute Gasteiger partial charge is 0.573 e. The summed E-state index contributed by atoms with van der Waals surface area (Å²) < 4.78 is 46.5. The first-order chi connectivity index (χ1) is 13.8. The number of carbonyl (C=O) groups excluding carboxylic acids is 1. The molecule has 1 aromatic carbocycles. The molecule has 29 heavy (non-hydrogen) atoms. The third-order valence-electron chi connectivity index (χ3n) is 3.30. The van der Waals surface area contributed by atoms with Gasteiger partial charge >= 0.3 is 12.4 Å². The van der Waals surface area contributed by atoms with E-state index in [0.29, 0.717) is 10.4 Å². The molecule has 2 aromatic heterocycles. The van der Waals surface area contributed by atoms with Crippen LogP contribution in [0.2, 0.25) is 0 Å². The number of alkyl halides is 3. The zero-order valence-corrected chi connectivity index (χ0v) is 16.0. The highest BCUT2D eigenvalue weighted by molar-refractivity contribution is 9.10. The van der Waals surface area contributed by atoms with Gasteiger partial charge in [-0.2, -0.15) is 0 Å². The molecule has 0 saturated carbocycles. The Kier molecular flexibility index (Phi) is 6.17. The molecule has 11 heteroatoms. The summed E-state index contributed by atoms with van der Waals surface area (Å²) in [4.78, 5) is 20.3. The van der Waals surface area contributed by atoms with Crippen molar-refractivity contribution in [3.63, 3.8) is 0 Å². The summed E-state index contributed by atoms with van der Waals surface area (Å²) in [5, 5.41) is 5.06. The van der Waals surface area contributed by atoms with E-state index in [1.54, 1.807) is 30.5 Å². The predicted octanol–water partition coefficient (Wildman–Crippen LogP) is 5.57. The van der Waals surface area contributed by atoms with Crippen LogP contribution in [0.1, 0.15) is 0 Å². The number of pyridine rings is 2. The number of ether oxygens (including phenoxy) is 2. The number of halogens is 4. The third-order valence-corrected chi connectivity index (χ3v) is 3.89. The molecule has 0 unspecified atom stereocenters. The Hall–Kier alpha value is -3.34. The number of hydrogen-bond donors (Lipinski definition) is 2. The number of benzene rings is 1. The van der Waals surface area contributed by atoms with Gasteiger partial charge in [0.1, 0.15) is 16.0 Å². The van der Waals surface area contributed by atoms with Crippen LogP contribution in [0, 0.1) is 0 Å². The van der Waals surface area contributed by atoms with Gasteiger partial charge in [-0.15, -0.1) is 13.2 Å². The molecule has 0 spiro atoms. The Morgan fingerprint density at radius 2 is 1.66 bits per heavy atom. The van der Waals surface area contributed by atoms with Crippen LogP contribution in [0.4, 0.5) is 29.3 Å². The number of anilines is 2. The molecule has 0 fully saturated rings. The minimum absolute atomic E-state index is 0.130. The molecule has 0 aliphatic carbocycles. The number of amides is 2. The lowest BCUT2D eigenvalue weighted by Crippen LogP contribution is -2.20. The molecule has 0 radical (unpaired) electrons. The zero-order valence-electron chi connectivity index (χ0n) is 14.4. The van der Waals surface area contributed by atoms with E-state index in [9.17, 15) is 18.0 Å². The number of nitrogens with one attached hydrogen (secondary N) is 2. The van der Waals surface area contributed by atoms with Crippen molar-refractivity contribution in [2.45, 2.75) is 6.36 Å². The van der Waals surface area contributed by atoms with Gasteiger partial charge < -0.3 is 20.1 Å². The maximum absolute atomic E-state index is 12.2. The topological polar surface area (TPSA) is 85.4 Å². The number of rotatable bonds is 5. The zero-order chi connectivity index (χ0) is 20.9. The summed E-state index contributed by atoms with van der Waals surface area (Å²) in [6.45, 7) is 0. The molecule has 2 amide bonds. The summed E-state index contributed by atoms with van der Waals surface area (Å²) in [5.41, 5.74) is 0.538. The molecule has 7 nitrogen and oxygen atoms in total. The van der Waals surface area contributed by atoms with E-state index in [0.717, 1.165) is 12.1 Å². The van der Waals surface area contributed by atoms with E-state index in [4.69, 9.17) is 4.74 Å². The Morgan fingerprint density at radius 3 is 2.34 bits per heavy atom. The maximum atomic E-state index is 12.2. The van der Waals surface area contributed by atoms with Gasteiger partial charge in [0.15, 0.2) is 5.75 Å². The van der Waals surface area contributed by atoms with E-state index < -0.39 is 18.1 Å². The first kappa shape index (κ1) is 20.4. The van der Waals surface area contributed by atoms with Gasteiger partial charge in [0, 0.05) is 18.1 Å². The molecule has 0 aliphatic rings. The molecule has 2 N–H and O–H groups in total. The number of hydrogen-bond acceptors (Lipinski definition) is 5. The minimum Gasteiger partial charge on any atom is -0.434 e. The molecule has 2 heterocycles. The highest BCUT2D eigenvalue weighted by Gasteiger charge is 2.30. The van der Waals surface area contributed by atoms with Crippen molar-refractivity contribution in [3.05, 3.63) is 65.5 Å². The maximum Gasteiger partial charge on any atom is 0.573 e. The van der Waals surface area contributed by atoms with Crippen LogP contribution in [0.15, 0.2) is 65.5 Å². The van der Waals surface area contributed by atoms with Gasteiger partial charge in [0.2, 0.25) is 5.88 Å². The molecule has 150 valence electrons. The van der Waals surface area contributed by atoms with Crippen molar-refractivity contribution in [1.82, 2.24) is 9.97 Å². The van der Waals surface area contributed by atoms with Gasteiger partial charge in [-0.3, -0.25) is 0 Å². The molecular weight excluding hydrogens is 457 g/mol. The van der Waals surface area contributed by atoms with E-state index in [-0.39, 0.29) is 17.3 Å². The SMILES string of the molecule is O=C(Nc1ccc(OC(F)(F)F)cc1)Nc1cccnc1Oc1cccnc1Br. The van der Waals surface area contributed by atoms with Crippen LogP contribution < -0.4 is 20.1 Å². The van der Waals surface area contributed by atoms with Crippen molar-refractivity contribution >= 4 is 33.3 Å². The Balaban J connectivity index is 1.66. The average molecular weight is 469 g/mol. The summed E-state index contributed by atoms with van der Waals surface area (Å²) in [7, 11) is 0. The molecule has 0 bridgehead atoms. The van der Waals surface area contributed by atoms with Gasteiger partial charge in [0.05, 0.1) is 0 Å². The van der Waals surface area contributed by atoms with Crippen molar-refractivity contribution < 1.29 is 27.4 Å². The molecule has 3 rings (SSSR count). The van der Waals surface area contributed by atoms with Crippen molar-refractivity contribution in [2.75, 3.05) is 10.6 Å². The summed E-state index contributed by atoms with van der Waals surface area (Å²) >= 11 is 3.25. The van der Waals surface area contributed by atoms with Crippen LogP contribution in [0.3, 0.4) is 0 Å². The quantitative estimate of drug-likeness (QED) is 0.477. The first-order valence-electron chi connectivity index (χ1n) is 7.97. The summed E-state index contributed by atoms with van der Waals surface area (Å²) in [5.74, 6) is 0.133. The second-order valence-corrected chi connectivity index (χ2v) is 6.15. The van der Waals surface area contributed by atoms with E-state index in [1.807, 2.05) is 0 Å². The number of urea groups is 1. The van der Waals surface area contributed by atoms with Crippen molar-refractivity contribution in [2.24, 2.45) is 0 Å². The average Bonchev–Trinajstić information content (AvgIpc) is 2.65. The lowest BCUT2D eigenvalue weighted by molar-refractivity contribution is -0.274. The van der Waals surface area contributed by atoms with Gasteiger partial charge in [-0.05, 0) is 64.5 Å². The first-order valence-corrected chi connectivity index (χ1v) is 8.77. The molecular formula is C18H12BrF3N4O3. The van der Waals surface area contributed by atoms with Gasteiger partial charge in [-0.1, -0.05) is 0 Å². The van der Waals surface area contributed by atoms with E-state index >= 15 is 0 Å². The van der Waals surface area contributed by atoms with Crippen molar-refractivity contribution in [1.29, 1.82) is 0 Å². The smallest absolute Gasteiger partial charge is 0.434 e. The monoisotopic (exact) mass is 468 g/mol.